The third-order valence-corrected chi connectivity index (χ3v) is 3.88. The zero-order chi connectivity index (χ0) is 14.8. The molecule has 0 aliphatic carbocycles. The maximum Gasteiger partial charge on any atom is 0.264 e. The van der Waals surface area contributed by atoms with Crippen LogP contribution in [-0.2, 0) is 9.59 Å². The fraction of sp³-hybridized carbons (Fsp3) is 0.400. The molecule has 2 unspecified atom stereocenters. The minimum Gasteiger partial charge on any atom is -0.316 e. The molecule has 3 rings (SSSR count). The van der Waals surface area contributed by atoms with E-state index < -0.39 is 17.6 Å². The van der Waals surface area contributed by atoms with Crippen molar-refractivity contribution in [2.24, 2.45) is 10.9 Å². The molecule has 0 radical (unpaired) electrons. The summed E-state index contributed by atoms with van der Waals surface area (Å²) in [4.78, 5) is 28.4. The van der Waals surface area contributed by atoms with Crippen LogP contribution in [0.3, 0.4) is 0 Å². The number of aliphatic imine (C=N–C) groups is 1. The van der Waals surface area contributed by atoms with Crippen LogP contribution < -0.4 is 10.6 Å². The molecule has 1 aromatic carbocycles. The number of piperidine rings is 1. The van der Waals surface area contributed by atoms with E-state index in [9.17, 15) is 14.0 Å². The molecule has 2 atom stereocenters. The molecule has 2 amide bonds. The maximum absolute atomic E-state index is 12.9. The van der Waals surface area contributed by atoms with Crippen LogP contribution in [0, 0.1) is 11.7 Å². The summed E-state index contributed by atoms with van der Waals surface area (Å²) in [6, 6.07) is 5.36. The monoisotopic (exact) mass is 289 g/mol. The van der Waals surface area contributed by atoms with Crippen LogP contribution in [0.15, 0.2) is 29.3 Å². The molecule has 0 spiro atoms. The van der Waals surface area contributed by atoms with Gasteiger partial charge in [0.1, 0.15) is 17.6 Å². The average Bonchev–Trinajstić information content (AvgIpc) is 2.49. The lowest BCUT2D eigenvalue weighted by atomic mass is 9.93. The summed E-state index contributed by atoms with van der Waals surface area (Å²) in [5.41, 5.74) is 0.462. The van der Waals surface area contributed by atoms with Gasteiger partial charge in [0.05, 0.1) is 0 Å². The molecule has 0 bridgehead atoms. The number of amides is 2. The minimum absolute atomic E-state index is 0.0702. The number of rotatable bonds is 2. The van der Waals surface area contributed by atoms with Crippen molar-refractivity contribution in [2.75, 3.05) is 13.1 Å². The summed E-state index contributed by atoms with van der Waals surface area (Å²) in [5.74, 6) is -1.73. The Morgan fingerprint density at radius 2 is 1.95 bits per heavy atom. The molecule has 2 N–H and O–H groups in total. The molecule has 1 saturated heterocycles. The second-order valence-corrected chi connectivity index (χ2v) is 5.35. The van der Waals surface area contributed by atoms with E-state index in [1.54, 1.807) is 0 Å². The molecule has 1 fully saturated rings. The number of benzene rings is 1. The highest BCUT2D eigenvalue weighted by Gasteiger charge is 2.35. The van der Waals surface area contributed by atoms with Crippen molar-refractivity contribution in [3.8, 4) is 0 Å². The van der Waals surface area contributed by atoms with Crippen molar-refractivity contribution in [3.63, 3.8) is 0 Å². The maximum atomic E-state index is 12.9. The Bertz CT molecular complexity index is 591. The lowest BCUT2D eigenvalue weighted by Gasteiger charge is -2.28. The normalized spacial score (nSPS) is 26.2. The Labute approximate surface area is 121 Å². The first-order valence-electron chi connectivity index (χ1n) is 7.04. The van der Waals surface area contributed by atoms with E-state index in [-0.39, 0.29) is 11.8 Å². The van der Waals surface area contributed by atoms with Gasteiger partial charge in [-0.15, -0.1) is 0 Å². The third kappa shape index (κ3) is 2.85. The van der Waals surface area contributed by atoms with Crippen molar-refractivity contribution in [1.82, 2.24) is 10.6 Å². The van der Waals surface area contributed by atoms with Crippen molar-refractivity contribution in [1.29, 1.82) is 0 Å². The first-order valence-corrected chi connectivity index (χ1v) is 7.04. The minimum atomic E-state index is -0.981. The second-order valence-electron chi connectivity index (χ2n) is 5.35. The molecule has 6 heteroatoms. The van der Waals surface area contributed by atoms with Crippen LogP contribution >= 0.6 is 0 Å². The van der Waals surface area contributed by atoms with E-state index in [0.29, 0.717) is 17.9 Å². The highest BCUT2D eigenvalue weighted by Crippen LogP contribution is 2.23. The Morgan fingerprint density at radius 1 is 1.19 bits per heavy atom. The smallest absolute Gasteiger partial charge is 0.264 e. The number of amidine groups is 1. The van der Waals surface area contributed by atoms with Crippen LogP contribution in [0.2, 0.25) is 0 Å². The second kappa shape index (κ2) is 5.73. The van der Waals surface area contributed by atoms with Gasteiger partial charge in [-0.2, -0.15) is 4.99 Å². The number of nitrogens with zero attached hydrogens (tertiary/aromatic N) is 1. The van der Waals surface area contributed by atoms with E-state index in [4.69, 9.17) is 0 Å². The number of hydrogen-bond donors (Lipinski definition) is 2. The zero-order valence-corrected chi connectivity index (χ0v) is 11.4. The van der Waals surface area contributed by atoms with Gasteiger partial charge in [-0.25, -0.2) is 4.39 Å². The van der Waals surface area contributed by atoms with Crippen LogP contribution in [0.5, 0.6) is 0 Å². The molecule has 2 aliphatic heterocycles. The van der Waals surface area contributed by atoms with Crippen molar-refractivity contribution in [3.05, 3.63) is 35.6 Å². The molecular weight excluding hydrogens is 273 g/mol. The van der Waals surface area contributed by atoms with Gasteiger partial charge in [0.2, 0.25) is 5.91 Å². The highest BCUT2D eigenvalue weighted by molar-refractivity contribution is 6.19. The summed E-state index contributed by atoms with van der Waals surface area (Å²) < 4.78 is 12.9. The van der Waals surface area contributed by atoms with Gasteiger partial charge in [-0.05, 0) is 37.1 Å². The molecule has 0 saturated carbocycles. The van der Waals surface area contributed by atoms with Gasteiger partial charge in [0.15, 0.2) is 0 Å². The van der Waals surface area contributed by atoms with Crippen molar-refractivity contribution >= 4 is 17.6 Å². The number of carbonyl (C=O) groups excluding carboxylic acids is 2. The van der Waals surface area contributed by atoms with Crippen LogP contribution in [0.1, 0.15) is 24.3 Å². The summed E-state index contributed by atoms with van der Waals surface area (Å²) in [6.07, 6.45) is 1.90. The van der Waals surface area contributed by atoms with Gasteiger partial charge in [-0.3, -0.25) is 9.59 Å². The fourth-order valence-electron chi connectivity index (χ4n) is 2.75. The lowest BCUT2D eigenvalue weighted by molar-refractivity contribution is -0.129. The van der Waals surface area contributed by atoms with Gasteiger partial charge in [0.25, 0.3) is 5.91 Å². The van der Waals surface area contributed by atoms with Crippen molar-refractivity contribution in [2.45, 2.75) is 18.8 Å². The SMILES string of the molecule is O=C1N=C(C2CCCNC2)NC(=O)C1c1ccc(F)cc1. The van der Waals surface area contributed by atoms with E-state index in [0.717, 1.165) is 19.4 Å². The molecule has 21 heavy (non-hydrogen) atoms. The Balaban J connectivity index is 1.83. The number of halogens is 1. The topological polar surface area (TPSA) is 70.6 Å². The highest BCUT2D eigenvalue weighted by atomic mass is 19.1. The fourth-order valence-corrected chi connectivity index (χ4v) is 2.75. The molecule has 110 valence electrons. The van der Waals surface area contributed by atoms with E-state index in [1.807, 2.05) is 0 Å². The van der Waals surface area contributed by atoms with E-state index in [1.165, 1.54) is 24.3 Å². The summed E-state index contributed by atoms with van der Waals surface area (Å²) in [5, 5.41) is 5.96. The van der Waals surface area contributed by atoms with Gasteiger partial charge >= 0.3 is 0 Å². The van der Waals surface area contributed by atoms with Crippen molar-refractivity contribution < 1.29 is 14.0 Å². The van der Waals surface area contributed by atoms with Gasteiger partial charge < -0.3 is 10.6 Å². The lowest BCUT2D eigenvalue weighted by Crippen LogP contribution is -2.49. The zero-order valence-electron chi connectivity index (χ0n) is 11.4. The summed E-state index contributed by atoms with van der Waals surface area (Å²) >= 11 is 0. The molecule has 2 aliphatic rings. The molecule has 0 aromatic heterocycles. The Kier molecular flexibility index (Phi) is 3.79. The van der Waals surface area contributed by atoms with E-state index >= 15 is 0 Å². The largest absolute Gasteiger partial charge is 0.316 e. The van der Waals surface area contributed by atoms with Gasteiger partial charge in [-0.1, -0.05) is 12.1 Å². The summed E-state index contributed by atoms with van der Waals surface area (Å²) in [7, 11) is 0. The first-order chi connectivity index (χ1) is 10.1. The van der Waals surface area contributed by atoms with E-state index in [2.05, 4.69) is 15.6 Å². The third-order valence-electron chi connectivity index (χ3n) is 3.88. The first kappa shape index (κ1) is 13.9. The summed E-state index contributed by atoms with van der Waals surface area (Å²) in [6.45, 7) is 1.66. The molecular formula is C15H16FN3O2. The number of hydrogen-bond acceptors (Lipinski definition) is 3. The van der Waals surface area contributed by atoms with Crippen LogP contribution in [-0.4, -0.2) is 30.7 Å². The van der Waals surface area contributed by atoms with Crippen LogP contribution in [0.25, 0.3) is 0 Å². The van der Waals surface area contributed by atoms with Gasteiger partial charge in [0, 0.05) is 12.5 Å². The Hall–Kier alpha value is -2.08. The molecule has 2 heterocycles. The standard InChI is InChI=1S/C15H16FN3O2/c16-11-5-3-9(4-6-11)12-14(20)18-13(19-15(12)21)10-2-1-7-17-8-10/h3-6,10,12,17H,1-2,7-8H2,(H,18,19,20,21). The number of carbonyl (C=O) groups is 2. The van der Waals surface area contributed by atoms with Crippen LogP contribution in [0.4, 0.5) is 4.39 Å². The Morgan fingerprint density at radius 3 is 2.57 bits per heavy atom. The molecule has 5 nitrogen and oxygen atoms in total. The molecule has 1 aromatic rings. The quantitative estimate of drug-likeness (QED) is 0.797. The average molecular weight is 289 g/mol. The predicted molar refractivity (Wildman–Crippen MR) is 75.3 cm³/mol. The predicted octanol–water partition coefficient (Wildman–Crippen LogP) is 0.964. The number of nitrogens with one attached hydrogen (secondary N) is 2.